The van der Waals surface area contributed by atoms with E-state index in [2.05, 4.69) is 10.6 Å². The van der Waals surface area contributed by atoms with Crippen LogP contribution in [0.25, 0.3) is 0 Å². The van der Waals surface area contributed by atoms with Crippen molar-refractivity contribution < 1.29 is 14.4 Å². The molecule has 4 N–H and O–H groups in total. The van der Waals surface area contributed by atoms with Crippen molar-refractivity contribution in [2.45, 2.75) is 44.1 Å². The summed E-state index contributed by atoms with van der Waals surface area (Å²) < 4.78 is 0. The van der Waals surface area contributed by atoms with Crippen LogP contribution < -0.4 is 16.4 Å². The van der Waals surface area contributed by atoms with E-state index in [4.69, 9.17) is 5.73 Å². The van der Waals surface area contributed by atoms with E-state index in [1.807, 2.05) is 12.1 Å². The van der Waals surface area contributed by atoms with Gasteiger partial charge in [0.1, 0.15) is 0 Å². The van der Waals surface area contributed by atoms with Crippen molar-refractivity contribution in [2.24, 2.45) is 11.7 Å². The summed E-state index contributed by atoms with van der Waals surface area (Å²) >= 11 is 0. The van der Waals surface area contributed by atoms with Crippen LogP contribution in [0.15, 0.2) is 24.3 Å². The first kappa shape index (κ1) is 15.7. The zero-order chi connectivity index (χ0) is 16.4. The molecule has 23 heavy (non-hydrogen) atoms. The Bertz CT molecular complexity index is 633. The third-order valence-electron chi connectivity index (χ3n) is 4.71. The van der Waals surface area contributed by atoms with Crippen LogP contribution in [0.3, 0.4) is 0 Å². The van der Waals surface area contributed by atoms with Crippen LogP contribution in [0.4, 0.5) is 5.69 Å². The molecule has 2 aliphatic rings. The molecule has 0 aromatic heterocycles. The average Bonchev–Trinajstić information content (AvgIpc) is 3.08. The highest BCUT2D eigenvalue weighted by Gasteiger charge is 2.37. The molecule has 1 aliphatic carbocycles. The number of benzene rings is 1. The van der Waals surface area contributed by atoms with Crippen LogP contribution in [-0.2, 0) is 20.8 Å². The van der Waals surface area contributed by atoms with Crippen molar-refractivity contribution in [3.05, 3.63) is 29.8 Å². The fraction of sp³-hybridized carbons (Fsp3) is 0.471. The van der Waals surface area contributed by atoms with Gasteiger partial charge in [-0.3, -0.25) is 19.7 Å². The van der Waals surface area contributed by atoms with E-state index < -0.39 is 5.54 Å². The van der Waals surface area contributed by atoms with Crippen molar-refractivity contribution in [2.75, 3.05) is 5.32 Å². The molecule has 0 spiro atoms. The van der Waals surface area contributed by atoms with E-state index in [0.29, 0.717) is 12.1 Å². The largest absolute Gasteiger partial charge is 0.324 e. The summed E-state index contributed by atoms with van der Waals surface area (Å²) in [5, 5.41) is 5.17. The van der Waals surface area contributed by atoms with Gasteiger partial charge >= 0.3 is 0 Å². The van der Waals surface area contributed by atoms with E-state index >= 15 is 0 Å². The number of carbonyl (C=O) groups excluding carboxylic acids is 3. The third-order valence-corrected chi connectivity index (χ3v) is 4.71. The molecule has 1 aromatic rings. The molecule has 1 aliphatic heterocycles. The predicted molar refractivity (Wildman–Crippen MR) is 85.4 cm³/mol. The van der Waals surface area contributed by atoms with Gasteiger partial charge in [0, 0.05) is 12.1 Å². The van der Waals surface area contributed by atoms with Gasteiger partial charge in [0.2, 0.25) is 17.7 Å². The van der Waals surface area contributed by atoms with Gasteiger partial charge in [-0.2, -0.15) is 0 Å². The quantitative estimate of drug-likeness (QED) is 0.724. The molecule has 2 fully saturated rings. The molecule has 1 unspecified atom stereocenters. The van der Waals surface area contributed by atoms with Crippen LogP contribution in [0.1, 0.15) is 37.7 Å². The molecule has 1 saturated heterocycles. The number of anilines is 1. The zero-order valence-corrected chi connectivity index (χ0v) is 12.9. The molecule has 3 rings (SSSR count). The van der Waals surface area contributed by atoms with Gasteiger partial charge in [0.15, 0.2) is 0 Å². The van der Waals surface area contributed by atoms with Gasteiger partial charge in [0.05, 0.1) is 11.5 Å². The molecule has 0 radical (unpaired) electrons. The highest BCUT2D eigenvalue weighted by Crippen LogP contribution is 2.28. The number of rotatable bonds is 4. The minimum atomic E-state index is -0.749. The lowest BCUT2D eigenvalue weighted by Crippen LogP contribution is -2.48. The van der Waals surface area contributed by atoms with E-state index in [1.165, 1.54) is 0 Å². The van der Waals surface area contributed by atoms with Gasteiger partial charge in [-0.25, -0.2) is 0 Å². The molecular weight excluding hydrogens is 294 g/mol. The Kier molecular flexibility index (Phi) is 4.17. The number of nitrogens with one attached hydrogen (secondary N) is 2. The Morgan fingerprint density at radius 3 is 2.43 bits per heavy atom. The van der Waals surface area contributed by atoms with Crippen LogP contribution >= 0.6 is 0 Å². The number of carbonyl (C=O) groups is 3. The SMILES string of the molecule is NC1(C(=O)Nc2ccc(CC3CC(=O)NC3=O)cc2)CCCC1. The Balaban J connectivity index is 1.60. The van der Waals surface area contributed by atoms with Crippen LogP contribution in [0, 0.1) is 5.92 Å². The molecular formula is C17H21N3O3. The molecule has 1 aromatic carbocycles. The summed E-state index contributed by atoms with van der Waals surface area (Å²) in [5.41, 5.74) is 7.04. The number of hydrogen-bond acceptors (Lipinski definition) is 4. The summed E-state index contributed by atoms with van der Waals surface area (Å²) in [7, 11) is 0. The second-order valence-corrected chi connectivity index (χ2v) is 6.53. The van der Waals surface area contributed by atoms with E-state index in [9.17, 15) is 14.4 Å². The monoisotopic (exact) mass is 315 g/mol. The molecule has 1 heterocycles. The maximum Gasteiger partial charge on any atom is 0.244 e. The van der Waals surface area contributed by atoms with Crippen molar-refractivity contribution in [3.8, 4) is 0 Å². The molecule has 0 bridgehead atoms. The minimum Gasteiger partial charge on any atom is -0.324 e. The fourth-order valence-electron chi connectivity index (χ4n) is 3.27. The highest BCUT2D eigenvalue weighted by molar-refractivity contribution is 6.03. The summed E-state index contributed by atoms with van der Waals surface area (Å²) in [6.07, 6.45) is 4.19. The number of imide groups is 1. The molecule has 1 saturated carbocycles. The molecule has 1 atom stereocenters. The Labute approximate surface area is 134 Å². The highest BCUT2D eigenvalue weighted by atomic mass is 16.2. The molecule has 6 heteroatoms. The Hall–Kier alpha value is -2.21. The van der Waals surface area contributed by atoms with Gasteiger partial charge in [-0.05, 0) is 37.0 Å². The maximum atomic E-state index is 12.3. The van der Waals surface area contributed by atoms with Crippen molar-refractivity contribution in [1.82, 2.24) is 5.32 Å². The van der Waals surface area contributed by atoms with E-state index in [-0.39, 0.29) is 30.1 Å². The average molecular weight is 315 g/mol. The third kappa shape index (κ3) is 3.42. The van der Waals surface area contributed by atoms with Crippen LogP contribution in [0.2, 0.25) is 0 Å². The van der Waals surface area contributed by atoms with Crippen LogP contribution in [-0.4, -0.2) is 23.3 Å². The number of amides is 3. The predicted octanol–water partition coefficient (Wildman–Crippen LogP) is 1.10. The smallest absolute Gasteiger partial charge is 0.244 e. The second kappa shape index (κ2) is 6.12. The summed E-state index contributed by atoms with van der Waals surface area (Å²) in [6, 6.07) is 7.34. The second-order valence-electron chi connectivity index (χ2n) is 6.53. The first-order valence-electron chi connectivity index (χ1n) is 7.99. The van der Waals surface area contributed by atoms with Crippen molar-refractivity contribution >= 4 is 23.4 Å². The summed E-state index contributed by atoms with van der Waals surface area (Å²) in [5.74, 6) is -0.857. The number of nitrogens with two attached hydrogens (primary N) is 1. The lowest BCUT2D eigenvalue weighted by molar-refractivity contribution is -0.126. The van der Waals surface area contributed by atoms with E-state index in [0.717, 1.165) is 31.2 Å². The van der Waals surface area contributed by atoms with Crippen molar-refractivity contribution in [1.29, 1.82) is 0 Å². The minimum absolute atomic E-state index is 0.136. The Morgan fingerprint density at radius 2 is 1.87 bits per heavy atom. The first-order chi connectivity index (χ1) is 11.0. The Morgan fingerprint density at radius 1 is 1.22 bits per heavy atom. The topological polar surface area (TPSA) is 101 Å². The summed E-state index contributed by atoms with van der Waals surface area (Å²) in [6.45, 7) is 0. The van der Waals surface area contributed by atoms with E-state index in [1.54, 1.807) is 12.1 Å². The lowest BCUT2D eigenvalue weighted by Gasteiger charge is -2.22. The molecule has 122 valence electrons. The maximum absolute atomic E-state index is 12.3. The number of hydrogen-bond donors (Lipinski definition) is 3. The van der Waals surface area contributed by atoms with Gasteiger partial charge in [-0.15, -0.1) is 0 Å². The molecule has 3 amide bonds. The first-order valence-corrected chi connectivity index (χ1v) is 7.99. The fourth-order valence-corrected chi connectivity index (χ4v) is 3.27. The summed E-state index contributed by atoms with van der Waals surface area (Å²) in [4.78, 5) is 35.0. The normalized spacial score (nSPS) is 22.9. The zero-order valence-electron chi connectivity index (χ0n) is 12.9. The van der Waals surface area contributed by atoms with Gasteiger partial charge in [-0.1, -0.05) is 25.0 Å². The van der Waals surface area contributed by atoms with Gasteiger partial charge in [0.25, 0.3) is 0 Å². The standard InChI is InChI=1S/C17H21N3O3/c18-17(7-1-2-8-17)16(23)19-13-5-3-11(4-6-13)9-12-10-14(21)20-15(12)22/h3-6,12H,1-2,7-10,18H2,(H,19,23)(H,20,21,22). The van der Waals surface area contributed by atoms with Crippen LogP contribution in [0.5, 0.6) is 0 Å². The van der Waals surface area contributed by atoms with Gasteiger partial charge < -0.3 is 11.1 Å². The van der Waals surface area contributed by atoms with Crippen molar-refractivity contribution in [3.63, 3.8) is 0 Å². The lowest BCUT2D eigenvalue weighted by atomic mass is 9.97. The molecule has 6 nitrogen and oxygen atoms in total.